The Labute approximate surface area is 72.7 Å². The Morgan fingerprint density at radius 3 is 2.36 bits per heavy atom. The fraction of sp³-hybridized carbons (Fsp3) is 0.444. The summed E-state index contributed by atoms with van der Waals surface area (Å²) in [5.41, 5.74) is 3.72. The molecule has 2 heteroatoms. The Kier molecular flexibility index (Phi) is 2.14. The Morgan fingerprint density at radius 1 is 1.27 bits per heavy atom. The maximum atomic E-state index is 5.23. The predicted octanol–water partition coefficient (Wildman–Crippen LogP) is 2.68. The monoisotopic (exact) mass is 167 g/mol. The molecule has 0 bridgehead atoms. The third-order valence-corrected chi connectivity index (χ3v) is 2.75. The van der Waals surface area contributed by atoms with E-state index in [1.807, 2.05) is 11.6 Å². The zero-order valence-electron chi connectivity index (χ0n) is 7.43. The van der Waals surface area contributed by atoms with Crippen molar-refractivity contribution in [2.24, 2.45) is 7.05 Å². The van der Waals surface area contributed by atoms with Gasteiger partial charge in [-0.15, -0.1) is 0 Å². The van der Waals surface area contributed by atoms with E-state index in [-0.39, 0.29) is 0 Å². The molecular formula is C9H13NS. The van der Waals surface area contributed by atoms with Crippen LogP contribution >= 0.6 is 12.2 Å². The topological polar surface area (TPSA) is 4.93 Å². The van der Waals surface area contributed by atoms with Gasteiger partial charge >= 0.3 is 0 Å². The van der Waals surface area contributed by atoms with Gasteiger partial charge in [0.2, 0.25) is 0 Å². The van der Waals surface area contributed by atoms with E-state index in [1.54, 1.807) is 0 Å². The van der Waals surface area contributed by atoms with Crippen LogP contribution < -0.4 is 0 Å². The molecule has 1 aromatic heterocycles. The van der Waals surface area contributed by atoms with Crippen LogP contribution in [0, 0.1) is 25.4 Å². The van der Waals surface area contributed by atoms with Crippen LogP contribution in [0.1, 0.15) is 16.8 Å². The molecule has 11 heavy (non-hydrogen) atoms. The zero-order chi connectivity index (χ0) is 8.59. The minimum Gasteiger partial charge on any atom is -0.339 e. The minimum atomic E-state index is 0.947. The number of aromatic nitrogens is 1. The summed E-state index contributed by atoms with van der Waals surface area (Å²) in [5, 5.41) is 0. The molecule has 0 fully saturated rings. The van der Waals surface area contributed by atoms with E-state index >= 15 is 0 Å². The second-order valence-corrected chi connectivity index (χ2v) is 3.34. The van der Waals surface area contributed by atoms with E-state index in [0.29, 0.717) is 0 Å². The van der Waals surface area contributed by atoms with Crippen molar-refractivity contribution >= 4 is 12.2 Å². The Bertz CT molecular complexity index is 307. The van der Waals surface area contributed by atoms with Crippen LogP contribution in [0.3, 0.4) is 0 Å². The lowest BCUT2D eigenvalue weighted by molar-refractivity contribution is 0.828. The standard InChI is InChI=1S/C9H13NS/c1-6-5-7(2)10(4)9(11)8(6)3/h5H,1-4H3. The van der Waals surface area contributed by atoms with Crippen LogP contribution in [-0.2, 0) is 7.05 Å². The molecule has 0 spiro atoms. The van der Waals surface area contributed by atoms with Crippen LogP contribution in [0.2, 0.25) is 0 Å². The van der Waals surface area contributed by atoms with E-state index in [2.05, 4.69) is 26.8 Å². The average Bonchev–Trinajstić information content (AvgIpc) is 1.97. The van der Waals surface area contributed by atoms with Crippen molar-refractivity contribution in [2.45, 2.75) is 20.8 Å². The fourth-order valence-electron chi connectivity index (χ4n) is 1.10. The third kappa shape index (κ3) is 1.36. The third-order valence-electron chi connectivity index (χ3n) is 2.17. The van der Waals surface area contributed by atoms with Crippen molar-refractivity contribution in [3.05, 3.63) is 27.5 Å². The Morgan fingerprint density at radius 2 is 1.82 bits per heavy atom. The van der Waals surface area contributed by atoms with Crippen LogP contribution in [0.5, 0.6) is 0 Å². The van der Waals surface area contributed by atoms with Gasteiger partial charge in [0, 0.05) is 12.7 Å². The Balaban J connectivity index is 3.59. The summed E-state index contributed by atoms with van der Waals surface area (Å²) in [6.45, 7) is 6.23. The maximum absolute atomic E-state index is 5.23. The lowest BCUT2D eigenvalue weighted by Gasteiger charge is -2.08. The van der Waals surface area contributed by atoms with Crippen molar-refractivity contribution in [3.8, 4) is 0 Å². The highest BCUT2D eigenvalue weighted by Gasteiger charge is 1.98. The second kappa shape index (κ2) is 2.78. The smallest absolute Gasteiger partial charge is 0.108 e. The summed E-state index contributed by atoms with van der Waals surface area (Å²) in [5.74, 6) is 0. The SMILES string of the molecule is Cc1cc(C)n(C)c(=S)c1C. The molecule has 0 N–H and O–H groups in total. The first kappa shape index (κ1) is 8.47. The number of rotatable bonds is 0. The van der Waals surface area contributed by atoms with Crippen molar-refractivity contribution in [1.29, 1.82) is 0 Å². The van der Waals surface area contributed by atoms with E-state index in [9.17, 15) is 0 Å². The van der Waals surface area contributed by atoms with Crippen LogP contribution in [-0.4, -0.2) is 4.57 Å². The van der Waals surface area contributed by atoms with Gasteiger partial charge in [-0.3, -0.25) is 0 Å². The van der Waals surface area contributed by atoms with Gasteiger partial charge in [-0.25, -0.2) is 0 Å². The molecule has 0 saturated carbocycles. The maximum Gasteiger partial charge on any atom is 0.108 e. The summed E-state index contributed by atoms with van der Waals surface area (Å²) in [6.07, 6.45) is 0. The molecule has 1 aromatic rings. The van der Waals surface area contributed by atoms with Gasteiger partial charge in [0.15, 0.2) is 0 Å². The summed E-state index contributed by atoms with van der Waals surface area (Å²) >= 11 is 5.23. The largest absolute Gasteiger partial charge is 0.339 e. The van der Waals surface area contributed by atoms with E-state index in [0.717, 1.165) is 4.64 Å². The molecule has 0 saturated heterocycles. The van der Waals surface area contributed by atoms with Gasteiger partial charge in [0.25, 0.3) is 0 Å². The zero-order valence-corrected chi connectivity index (χ0v) is 8.25. The van der Waals surface area contributed by atoms with Gasteiger partial charge < -0.3 is 4.57 Å². The molecule has 1 heterocycles. The first-order valence-corrected chi connectivity index (χ1v) is 4.08. The molecule has 0 aliphatic rings. The van der Waals surface area contributed by atoms with Gasteiger partial charge in [0.05, 0.1) is 0 Å². The van der Waals surface area contributed by atoms with Crippen molar-refractivity contribution < 1.29 is 0 Å². The fourth-order valence-corrected chi connectivity index (χ4v) is 1.40. The number of pyridine rings is 1. The number of hydrogen-bond acceptors (Lipinski definition) is 1. The van der Waals surface area contributed by atoms with E-state index < -0.39 is 0 Å². The molecule has 60 valence electrons. The Hall–Kier alpha value is -0.630. The van der Waals surface area contributed by atoms with Gasteiger partial charge in [0.1, 0.15) is 4.64 Å². The molecule has 0 aliphatic heterocycles. The van der Waals surface area contributed by atoms with Crippen molar-refractivity contribution in [3.63, 3.8) is 0 Å². The van der Waals surface area contributed by atoms with E-state index in [1.165, 1.54) is 16.8 Å². The summed E-state index contributed by atoms with van der Waals surface area (Å²) in [6, 6.07) is 2.16. The normalized spacial score (nSPS) is 10.2. The highest BCUT2D eigenvalue weighted by Crippen LogP contribution is 2.10. The highest BCUT2D eigenvalue weighted by atomic mass is 32.1. The first-order chi connectivity index (χ1) is 5.04. The van der Waals surface area contributed by atoms with Gasteiger partial charge in [-0.1, -0.05) is 12.2 Å². The molecule has 0 atom stereocenters. The van der Waals surface area contributed by atoms with Crippen LogP contribution in [0.15, 0.2) is 6.07 Å². The van der Waals surface area contributed by atoms with Crippen LogP contribution in [0.4, 0.5) is 0 Å². The predicted molar refractivity (Wildman–Crippen MR) is 50.5 cm³/mol. The minimum absolute atomic E-state index is 0.947. The lowest BCUT2D eigenvalue weighted by Crippen LogP contribution is -2.01. The number of aryl methyl sites for hydroxylation is 2. The summed E-state index contributed by atoms with van der Waals surface area (Å²) < 4.78 is 2.99. The highest BCUT2D eigenvalue weighted by molar-refractivity contribution is 7.71. The molecular weight excluding hydrogens is 154 g/mol. The van der Waals surface area contributed by atoms with Gasteiger partial charge in [-0.2, -0.15) is 0 Å². The number of nitrogens with zero attached hydrogens (tertiary/aromatic N) is 1. The van der Waals surface area contributed by atoms with Crippen molar-refractivity contribution in [1.82, 2.24) is 4.57 Å². The summed E-state index contributed by atoms with van der Waals surface area (Å²) in [7, 11) is 2.00. The molecule has 0 unspecified atom stereocenters. The molecule has 0 radical (unpaired) electrons. The second-order valence-electron chi connectivity index (χ2n) is 2.96. The molecule has 0 amide bonds. The quantitative estimate of drug-likeness (QED) is 0.538. The van der Waals surface area contributed by atoms with Crippen molar-refractivity contribution in [2.75, 3.05) is 0 Å². The molecule has 0 aliphatic carbocycles. The number of hydrogen-bond donors (Lipinski definition) is 0. The molecule has 1 nitrogen and oxygen atoms in total. The van der Waals surface area contributed by atoms with E-state index in [4.69, 9.17) is 12.2 Å². The van der Waals surface area contributed by atoms with Gasteiger partial charge in [-0.05, 0) is 38.0 Å². The summed E-state index contributed by atoms with van der Waals surface area (Å²) in [4.78, 5) is 0. The molecule has 1 rings (SSSR count). The first-order valence-electron chi connectivity index (χ1n) is 3.68. The van der Waals surface area contributed by atoms with Crippen LogP contribution in [0.25, 0.3) is 0 Å². The lowest BCUT2D eigenvalue weighted by atomic mass is 10.1. The molecule has 0 aromatic carbocycles. The average molecular weight is 167 g/mol.